The maximum absolute atomic E-state index is 13.6. The monoisotopic (exact) mass is 382 g/mol. The smallest absolute Gasteiger partial charge is 0.194 e. The highest BCUT2D eigenvalue weighted by Crippen LogP contribution is 2.38. The Morgan fingerprint density at radius 1 is 0.333 bits per heavy atom. The second-order valence-corrected chi connectivity index (χ2v) is 7.99. The first-order valence-electron chi connectivity index (χ1n) is 10.0. The standard InChI is InChI=1S/C28H14O2/c29-27-20-8-4-3-7-18(20)19-13-14-22-24(25(19)27)21-12-11-16-10-9-15-5-1-2-6-17(15)23(16)26(21)28(22)30/h1-14H. The Kier molecular flexibility index (Phi) is 2.80. The summed E-state index contributed by atoms with van der Waals surface area (Å²) in [6.07, 6.45) is 0. The highest BCUT2D eigenvalue weighted by Gasteiger charge is 2.20. The van der Waals surface area contributed by atoms with E-state index in [9.17, 15) is 9.59 Å². The highest BCUT2D eigenvalue weighted by atomic mass is 16.1. The lowest BCUT2D eigenvalue weighted by atomic mass is 9.98. The van der Waals surface area contributed by atoms with Crippen molar-refractivity contribution in [2.75, 3.05) is 0 Å². The van der Waals surface area contributed by atoms with Gasteiger partial charge in [-0.2, -0.15) is 0 Å². The Labute approximate surface area is 170 Å². The Hall–Kier alpha value is -4.04. The summed E-state index contributed by atoms with van der Waals surface area (Å²) in [5.74, 6) is 0. The maximum atomic E-state index is 13.6. The molecule has 0 unspecified atom stereocenters. The van der Waals surface area contributed by atoms with Gasteiger partial charge >= 0.3 is 0 Å². The van der Waals surface area contributed by atoms with E-state index < -0.39 is 0 Å². The zero-order valence-electron chi connectivity index (χ0n) is 15.9. The maximum Gasteiger partial charge on any atom is 0.194 e. The van der Waals surface area contributed by atoms with Gasteiger partial charge in [-0.15, -0.1) is 0 Å². The summed E-state index contributed by atoms with van der Waals surface area (Å²) in [5.41, 5.74) is 0.0182. The Bertz CT molecular complexity index is 1930. The predicted molar refractivity (Wildman–Crippen MR) is 126 cm³/mol. The number of hydrogen-bond donors (Lipinski definition) is 0. The van der Waals surface area contributed by atoms with Crippen molar-refractivity contribution in [1.82, 2.24) is 0 Å². The van der Waals surface area contributed by atoms with Gasteiger partial charge in [0, 0.05) is 32.3 Å². The van der Waals surface area contributed by atoms with E-state index in [1.807, 2.05) is 54.6 Å². The van der Waals surface area contributed by atoms with Gasteiger partial charge in [-0.3, -0.25) is 9.59 Å². The van der Waals surface area contributed by atoms with Crippen LogP contribution in [-0.2, 0) is 0 Å². The van der Waals surface area contributed by atoms with Crippen LogP contribution in [0.25, 0.3) is 64.6 Å². The summed E-state index contributed by atoms with van der Waals surface area (Å²) < 4.78 is 0. The average molecular weight is 382 g/mol. The van der Waals surface area contributed by atoms with Crippen LogP contribution in [0.5, 0.6) is 0 Å². The molecule has 138 valence electrons. The number of fused-ring (bicyclic) bond motifs is 11. The van der Waals surface area contributed by atoms with Crippen molar-refractivity contribution >= 4 is 64.6 Å². The number of benzene rings is 5. The molecule has 0 spiro atoms. The second-order valence-electron chi connectivity index (χ2n) is 7.99. The van der Waals surface area contributed by atoms with Crippen molar-refractivity contribution in [2.24, 2.45) is 0 Å². The van der Waals surface area contributed by atoms with Gasteiger partial charge in [-0.1, -0.05) is 78.9 Å². The van der Waals surface area contributed by atoms with Gasteiger partial charge in [-0.05, 0) is 38.4 Å². The van der Waals surface area contributed by atoms with E-state index >= 15 is 0 Å². The topological polar surface area (TPSA) is 34.1 Å². The third-order valence-electron chi connectivity index (χ3n) is 6.55. The zero-order chi connectivity index (χ0) is 20.0. The molecular weight excluding hydrogens is 368 g/mol. The summed E-state index contributed by atoms with van der Waals surface area (Å²) in [4.78, 5) is 26.9. The molecule has 0 N–H and O–H groups in total. The molecule has 2 heteroatoms. The van der Waals surface area contributed by atoms with Gasteiger partial charge in [0.05, 0.1) is 0 Å². The first-order valence-corrected chi connectivity index (χ1v) is 10.0. The van der Waals surface area contributed by atoms with Crippen molar-refractivity contribution in [1.29, 1.82) is 0 Å². The van der Waals surface area contributed by atoms with Gasteiger partial charge in [-0.25, -0.2) is 0 Å². The molecule has 7 aromatic rings. The molecule has 0 aliphatic heterocycles. The van der Waals surface area contributed by atoms with E-state index in [1.165, 1.54) is 0 Å². The fourth-order valence-corrected chi connectivity index (χ4v) is 5.26. The second kappa shape index (κ2) is 5.31. The molecule has 2 nitrogen and oxygen atoms in total. The van der Waals surface area contributed by atoms with Crippen LogP contribution in [0.3, 0.4) is 0 Å². The molecule has 0 atom stereocenters. The molecule has 7 rings (SSSR count). The number of hydrogen-bond acceptors (Lipinski definition) is 2. The number of rotatable bonds is 0. The fraction of sp³-hybridized carbons (Fsp3) is 0. The minimum atomic E-state index is 0.00788. The van der Waals surface area contributed by atoms with Crippen LogP contribution in [0.15, 0.2) is 94.5 Å². The fourth-order valence-electron chi connectivity index (χ4n) is 5.26. The molecule has 0 aliphatic carbocycles. The normalized spacial score (nSPS) is 12.3. The first kappa shape index (κ1) is 15.8. The molecule has 0 fully saturated rings. The highest BCUT2D eigenvalue weighted by molar-refractivity contribution is 6.33. The summed E-state index contributed by atoms with van der Waals surface area (Å²) in [6.45, 7) is 0. The largest absolute Gasteiger partial charge is 0.289 e. The van der Waals surface area contributed by atoms with Crippen LogP contribution in [-0.4, -0.2) is 0 Å². The Morgan fingerprint density at radius 2 is 0.900 bits per heavy atom. The summed E-state index contributed by atoms with van der Waals surface area (Å²) >= 11 is 0. The van der Waals surface area contributed by atoms with E-state index in [-0.39, 0.29) is 10.9 Å². The SMILES string of the molecule is O=c1c2ccc3c4ccccc4c(=O)c3c2c2ccc3ccc4ccccc4c3c12. The molecule has 30 heavy (non-hydrogen) atoms. The van der Waals surface area contributed by atoms with Gasteiger partial charge in [0.1, 0.15) is 0 Å². The minimum absolute atomic E-state index is 0.00788. The quantitative estimate of drug-likeness (QED) is 0.293. The molecule has 7 aromatic carbocycles. The van der Waals surface area contributed by atoms with Gasteiger partial charge in [0.15, 0.2) is 10.9 Å². The van der Waals surface area contributed by atoms with Gasteiger partial charge in [0.25, 0.3) is 0 Å². The first-order chi connectivity index (χ1) is 14.7. The van der Waals surface area contributed by atoms with E-state index in [0.717, 1.165) is 48.5 Å². The predicted octanol–water partition coefficient (Wildman–Crippen LogP) is 6.20. The van der Waals surface area contributed by atoms with Crippen LogP contribution in [0.2, 0.25) is 0 Å². The Balaban J connectivity index is 1.85. The van der Waals surface area contributed by atoms with Crippen molar-refractivity contribution in [3.8, 4) is 0 Å². The third kappa shape index (κ3) is 1.75. The van der Waals surface area contributed by atoms with Crippen molar-refractivity contribution in [3.05, 3.63) is 105 Å². The van der Waals surface area contributed by atoms with Crippen molar-refractivity contribution < 1.29 is 0 Å². The molecule has 0 saturated carbocycles. The van der Waals surface area contributed by atoms with Crippen molar-refractivity contribution in [2.45, 2.75) is 0 Å². The zero-order valence-corrected chi connectivity index (χ0v) is 15.9. The molecule has 0 heterocycles. The van der Waals surface area contributed by atoms with E-state index in [2.05, 4.69) is 30.3 Å². The molecule has 0 aliphatic rings. The van der Waals surface area contributed by atoms with E-state index in [0.29, 0.717) is 16.2 Å². The lowest BCUT2D eigenvalue weighted by molar-refractivity contribution is 1.79. The molecule has 0 saturated heterocycles. The summed E-state index contributed by atoms with van der Waals surface area (Å²) in [6, 6.07) is 27.9. The van der Waals surface area contributed by atoms with Gasteiger partial charge < -0.3 is 0 Å². The Morgan fingerprint density at radius 3 is 1.77 bits per heavy atom. The van der Waals surface area contributed by atoms with Crippen LogP contribution >= 0.6 is 0 Å². The van der Waals surface area contributed by atoms with Crippen LogP contribution < -0.4 is 10.9 Å². The molecule has 0 radical (unpaired) electrons. The van der Waals surface area contributed by atoms with Crippen molar-refractivity contribution in [3.63, 3.8) is 0 Å². The summed E-state index contributed by atoms with van der Waals surface area (Å²) in [7, 11) is 0. The molecule has 0 bridgehead atoms. The lowest BCUT2D eigenvalue weighted by Gasteiger charge is -2.05. The van der Waals surface area contributed by atoms with Crippen LogP contribution in [0.4, 0.5) is 0 Å². The van der Waals surface area contributed by atoms with E-state index in [4.69, 9.17) is 0 Å². The van der Waals surface area contributed by atoms with E-state index in [1.54, 1.807) is 0 Å². The molecule has 0 aromatic heterocycles. The molecule has 0 amide bonds. The average Bonchev–Trinajstić information content (AvgIpc) is 3.25. The lowest BCUT2D eigenvalue weighted by Crippen LogP contribution is -1.96. The third-order valence-corrected chi connectivity index (χ3v) is 6.55. The minimum Gasteiger partial charge on any atom is -0.289 e. The van der Waals surface area contributed by atoms with Crippen LogP contribution in [0, 0.1) is 0 Å². The molecular formula is C28H14O2. The van der Waals surface area contributed by atoms with Gasteiger partial charge in [0.2, 0.25) is 0 Å². The van der Waals surface area contributed by atoms with Crippen LogP contribution in [0.1, 0.15) is 0 Å². The summed E-state index contributed by atoms with van der Waals surface area (Å²) in [5, 5.41) is 10.5.